The average molecular weight is 298 g/mol. The first-order valence-electron chi connectivity index (χ1n) is 7.18. The van der Waals surface area contributed by atoms with Gasteiger partial charge in [0.2, 0.25) is 10.0 Å². The van der Waals surface area contributed by atoms with Crippen molar-refractivity contribution in [2.75, 3.05) is 17.0 Å². The maximum Gasteiger partial charge on any atom is 0.232 e. The Morgan fingerprint density at radius 1 is 1.10 bits per heavy atom. The first-order chi connectivity index (χ1) is 9.34. The minimum atomic E-state index is -3.25. The van der Waals surface area contributed by atoms with Crippen molar-refractivity contribution in [3.05, 3.63) is 29.8 Å². The molecule has 1 aromatic carbocycles. The van der Waals surface area contributed by atoms with Gasteiger partial charge in [-0.05, 0) is 43.5 Å². The summed E-state index contributed by atoms with van der Waals surface area (Å²) in [5.41, 5.74) is 1.78. The average Bonchev–Trinajstić information content (AvgIpc) is 2.34. The van der Waals surface area contributed by atoms with Crippen LogP contribution in [0.5, 0.6) is 0 Å². The Kier molecular flexibility index (Phi) is 6.49. The zero-order valence-electron chi connectivity index (χ0n) is 12.8. The van der Waals surface area contributed by atoms with Crippen molar-refractivity contribution in [3.63, 3.8) is 0 Å². The summed E-state index contributed by atoms with van der Waals surface area (Å²) in [6.45, 7) is 9.00. The lowest BCUT2D eigenvalue weighted by atomic mass is 10.1. The van der Waals surface area contributed by atoms with E-state index in [0.29, 0.717) is 5.69 Å². The van der Waals surface area contributed by atoms with Crippen molar-refractivity contribution in [2.24, 2.45) is 5.92 Å². The molecule has 0 saturated heterocycles. The predicted molar refractivity (Wildman–Crippen MR) is 85.4 cm³/mol. The van der Waals surface area contributed by atoms with Gasteiger partial charge in [0.05, 0.1) is 5.75 Å². The van der Waals surface area contributed by atoms with Crippen LogP contribution in [0.25, 0.3) is 0 Å². The summed E-state index contributed by atoms with van der Waals surface area (Å²) in [5.74, 6) is 0.258. The number of sulfonamides is 1. The van der Waals surface area contributed by atoms with Crippen LogP contribution in [0.2, 0.25) is 0 Å². The van der Waals surface area contributed by atoms with Gasteiger partial charge in [-0.1, -0.05) is 32.9 Å². The molecule has 0 bridgehead atoms. The number of nitrogens with one attached hydrogen (secondary N) is 2. The van der Waals surface area contributed by atoms with Gasteiger partial charge < -0.3 is 5.32 Å². The topological polar surface area (TPSA) is 58.2 Å². The van der Waals surface area contributed by atoms with Crippen LogP contribution in [-0.2, 0) is 10.0 Å². The summed E-state index contributed by atoms with van der Waals surface area (Å²) in [4.78, 5) is 0. The van der Waals surface area contributed by atoms with Gasteiger partial charge >= 0.3 is 0 Å². The molecule has 0 aliphatic carbocycles. The van der Waals surface area contributed by atoms with Crippen molar-refractivity contribution in [1.29, 1.82) is 0 Å². The molecular formula is C15H26N2O2S. The second-order valence-electron chi connectivity index (χ2n) is 5.58. The molecular weight excluding hydrogens is 272 g/mol. The molecule has 0 amide bonds. The molecule has 20 heavy (non-hydrogen) atoms. The standard InChI is InChI=1S/C15H26N2O2S/c1-5-10-16-13(4)14-6-8-15(9-7-14)17-20(18,19)11-12(2)3/h6-9,12-13,16-17H,5,10-11H2,1-4H3. The molecule has 1 unspecified atom stereocenters. The molecule has 1 aromatic rings. The highest BCUT2D eigenvalue weighted by molar-refractivity contribution is 7.92. The van der Waals surface area contributed by atoms with Crippen molar-refractivity contribution >= 4 is 15.7 Å². The minimum absolute atomic E-state index is 0.116. The van der Waals surface area contributed by atoms with E-state index in [0.717, 1.165) is 18.5 Å². The summed E-state index contributed by atoms with van der Waals surface area (Å²) >= 11 is 0. The fourth-order valence-electron chi connectivity index (χ4n) is 1.98. The van der Waals surface area contributed by atoms with Crippen LogP contribution in [0.3, 0.4) is 0 Å². The molecule has 0 heterocycles. The molecule has 0 saturated carbocycles. The molecule has 2 N–H and O–H groups in total. The van der Waals surface area contributed by atoms with Crippen LogP contribution in [0.15, 0.2) is 24.3 Å². The summed E-state index contributed by atoms with van der Waals surface area (Å²) in [6.07, 6.45) is 1.09. The summed E-state index contributed by atoms with van der Waals surface area (Å²) in [6, 6.07) is 7.83. The van der Waals surface area contributed by atoms with E-state index >= 15 is 0 Å². The lowest BCUT2D eigenvalue weighted by molar-refractivity contribution is 0.571. The van der Waals surface area contributed by atoms with E-state index in [1.165, 1.54) is 0 Å². The van der Waals surface area contributed by atoms with E-state index < -0.39 is 10.0 Å². The fourth-order valence-corrected chi connectivity index (χ4v) is 3.43. The van der Waals surface area contributed by atoms with E-state index in [9.17, 15) is 8.42 Å². The van der Waals surface area contributed by atoms with Crippen LogP contribution >= 0.6 is 0 Å². The predicted octanol–water partition coefficient (Wildman–Crippen LogP) is 3.14. The maximum atomic E-state index is 11.8. The molecule has 1 atom stereocenters. The first kappa shape index (κ1) is 17.0. The summed E-state index contributed by atoms with van der Waals surface area (Å²) < 4.78 is 26.3. The Morgan fingerprint density at radius 3 is 2.20 bits per heavy atom. The SMILES string of the molecule is CCCNC(C)c1ccc(NS(=O)(=O)CC(C)C)cc1. The Bertz CT molecular complexity index is 495. The zero-order valence-corrected chi connectivity index (χ0v) is 13.6. The van der Waals surface area contributed by atoms with Gasteiger partial charge in [0, 0.05) is 11.7 Å². The second kappa shape index (κ2) is 7.64. The summed E-state index contributed by atoms with van der Waals surface area (Å²) in [5, 5.41) is 3.40. The van der Waals surface area contributed by atoms with Crippen LogP contribution in [0.4, 0.5) is 5.69 Å². The van der Waals surface area contributed by atoms with E-state index in [2.05, 4.69) is 23.9 Å². The van der Waals surface area contributed by atoms with Crippen molar-refractivity contribution < 1.29 is 8.42 Å². The minimum Gasteiger partial charge on any atom is -0.310 e. The van der Waals surface area contributed by atoms with Crippen LogP contribution in [0, 0.1) is 5.92 Å². The molecule has 0 spiro atoms. The Hall–Kier alpha value is -1.07. The molecule has 0 aliphatic heterocycles. The normalized spacial score (nSPS) is 13.4. The summed E-state index contributed by atoms with van der Waals surface area (Å²) in [7, 11) is -3.25. The molecule has 5 heteroatoms. The number of benzene rings is 1. The Morgan fingerprint density at radius 2 is 1.70 bits per heavy atom. The Balaban J connectivity index is 2.67. The monoisotopic (exact) mass is 298 g/mol. The Labute approximate surface area is 123 Å². The van der Waals surface area contributed by atoms with Gasteiger partial charge in [-0.15, -0.1) is 0 Å². The van der Waals surface area contributed by atoms with E-state index in [-0.39, 0.29) is 17.7 Å². The number of anilines is 1. The molecule has 0 fully saturated rings. The number of rotatable bonds is 8. The van der Waals surface area contributed by atoms with Gasteiger partial charge in [-0.2, -0.15) is 0 Å². The second-order valence-corrected chi connectivity index (χ2v) is 7.34. The van der Waals surface area contributed by atoms with Crippen LogP contribution in [0.1, 0.15) is 45.7 Å². The third-order valence-corrected chi connectivity index (χ3v) is 4.59. The lowest BCUT2D eigenvalue weighted by Gasteiger charge is -2.15. The molecule has 0 aliphatic rings. The van der Waals surface area contributed by atoms with Crippen LogP contribution < -0.4 is 10.0 Å². The van der Waals surface area contributed by atoms with Crippen molar-refractivity contribution in [1.82, 2.24) is 5.32 Å². The van der Waals surface area contributed by atoms with E-state index in [1.807, 2.05) is 38.1 Å². The first-order valence-corrected chi connectivity index (χ1v) is 8.83. The highest BCUT2D eigenvalue weighted by Gasteiger charge is 2.13. The molecule has 4 nitrogen and oxygen atoms in total. The molecule has 1 rings (SSSR count). The molecule has 114 valence electrons. The van der Waals surface area contributed by atoms with Crippen molar-refractivity contribution in [3.8, 4) is 0 Å². The smallest absolute Gasteiger partial charge is 0.232 e. The van der Waals surface area contributed by atoms with Gasteiger partial charge in [0.1, 0.15) is 0 Å². The highest BCUT2D eigenvalue weighted by atomic mass is 32.2. The van der Waals surface area contributed by atoms with E-state index in [4.69, 9.17) is 0 Å². The number of hydrogen-bond acceptors (Lipinski definition) is 3. The molecule has 0 radical (unpaired) electrons. The fraction of sp³-hybridized carbons (Fsp3) is 0.600. The van der Waals surface area contributed by atoms with Crippen LogP contribution in [-0.4, -0.2) is 20.7 Å². The third-order valence-electron chi connectivity index (χ3n) is 2.94. The highest BCUT2D eigenvalue weighted by Crippen LogP contribution is 2.17. The van der Waals surface area contributed by atoms with Gasteiger partial charge in [0.25, 0.3) is 0 Å². The lowest BCUT2D eigenvalue weighted by Crippen LogP contribution is -2.20. The quantitative estimate of drug-likeness (QED) is 0.775. The van der Waals surface area contributed by atoms with Gasteiger partial charge in [-0.25, -0.2) is 8.42 Å². The van der Waals surface area contributed by atoms with Gasteiger partial charge in [0.15, 0.2) is 0 Å². The number of hydrogen-bond donors (Lipinski definition) is 2. The van der Waals surface area contributed by atoms with Crippen molar-refractivity contribution in [2.45, 2.75) is 40.2 Å². The third kappa shape index (κ3) is 5.92. The van der Waals surface area contributed by atoms with Gasteiger partial charge in [-0.3, -0.25) is 4.72 Å². The van der Waals surface area contributed by atoms with E-state index in [1.54, 1.807) is 0 Å². The largest absolute Gasteiger partial charge is 0.310 e. The molecule has 0 aromatic heterocycles. The maximum absolute atomic E-state index is 11.8. The zero-order chi connectivity index (χ0) is 15.2.